The second kappa shape index (κ2) is 6.76. The van der Waals surface area contributed by atoms with Crippen LogP contribution in [0.15, 0.2) is 30.3 Å². The van der Waals surface area contributed by atoms with E-state index >= 15 is 0 Å². The molecule has 1 fully saturated rings. The van der Waals surface area contributed by atoms with Crippen molar-refractivity contribution in [2.45, 2.75) is 25.1 Å². The third kappa shape index (κ3) is 3.73. The molecule has 0 spiro atoms. The van der Waals surface area contributed by atoms with Gasteiger partial charge in [0.1, 0.15) is 6.10 Å². The number of hydrogen-bond donors (Lipinski definition) is 2. The van der Waals surface area contributed by atoms with Crippen LogP contribution in [0.1, 0.15) is 5.56 Å². The lowest BCUT2D eigenvalue weighted by Crippen LogP contribution is -2.52. The van der Waals surface area contributed by atoms with Crippen LogP contribution in [-0.2, 0) is 16.1 Å². The summed E-state index contributed by atoms with van der Waals surface area (Å²) in [5.74, 6) is -0.725. The molecule has 0 radical (unpaired) electrons. The van der Waals surface area contributed by atoms with Crippen LogP contribution >= 0.6 is 0 Å². The van der Waals surface area contributed by atoms with E-state index in [9.17, 15) is 20.3 Å². The summed E-state index contributed by atoms with van der Waals surface area (Å²) in [6.07, 6.45) is -3.50. The molecular weight excluding hydrogens is 266 g/mol. The summed E-state index contributed by atoms with van der Waals surface area (Å²) in [6, 6.07) is 9.32. The number of nitro groups is 1. The van der Waals surface area contributed by atoms with E-state index in [-0.39, 0.29) is 13.2 Å². The Kier molecular flexibility index (Phi) is 5.02. The van der Waals surface area contributed by atoms with Crippen molar-refractivity contribution in [2.75, 3.05) is 13.2 Å². The quantitative estimate of drug-likeness (QED) is 0.590. The molecule has 0 amide bonds. The highest BCUT2D eigenvalue weighted by molar-refractivity contribution is 5.13. The SMILES string of the molecule is O=[N+]([O-])C[C@@H]1CO[C@@H](OCc2ccccc2)[C@@H](O)[C@@H]1O. The Morgan fingerprint density at radius 2 is 2.00 bits per heavy atom. The van der Waals surface area contributed by atoms with Crippen LogP contribution < -0.4 is 0 Å². The van der Waals surface area contributed by atoms with Crippen LogP contribution in [0, 0.1) is 16.0 Å². The lowest BCUT2D eigenvalue weighted by atomic mass is 9.96. The molecule has 1 heterocycles. The lowest BCUT2D eigenvalue weighted by Gasteiger charge is -2.35. The number of hydrogen-bond acceptors (Lipinski definition) is 6. The number of aliphatic hydroxyl groups is 2. The lowest BCUT2D eigenvalue weighted by molar-refractivity contribution is -0.495. The molecule has 0 aliphatic carbocycles. The van der Waals surface area contributed by atoms with E-state index in [4.69, 9.17) is 9.47 Å². The Bertz CT molecular complexity index is 440. The van der Waals surface area contributed by atoms with Crippen LogP contribution in [0.25, 0.3) is 0 Å². The molecule has 7 nitrogen and oxygen atoms in total. The molecule has 1 aromatic rings. The monoisotopic (exact) mass is 283 g/mol. The third-order valence-electron chi connectivity index (χ3n) is 3.23. The molecule has 1 saturated heterocycles. The van der Waals surface area contributed by atoms with Gasteiger partial charge in [-0.15, -0.1) is 0 Å². The zero-order valence-electron chi connectivity index (χ0n) is 10.8. The molecule has 1 aliphatic rings. The Hall–Kier alpha value is -1.54. The van der Waals surface area contributed by atoms with Gasteiger partial charge >= 0.3 is 0 Å². The van der Waals surface area contributed by atoms with Gasteiger partial charge in [0.2, 0.25) is 6.54 Å². The van der Waals surface area contributed by atoms with Gasteiger partial charge in [-0.2, -0.15) is 0 Å². The minimum Gasteiger partial charge on any atom is -0.390 e. The van der Waals surface area contributed by atoms with Crippen LogP contribution in [0.2, 0.25) is 0 Å². The van der Waals surface area contributed by atoms with Crippen molar-refractivity contribution >= 4 is 0 Å². The molecule has 0 bridgehead atoms. The Labute approximate surface area is 115 Å². The minimum absolute atomic E-state index is 0.0152. The smallest absolute Gasteiger partial charge is 0.211 e. The zero-order chi connectivity index (χ0) is 14.5. The van der Waals surface area contributed by atoms with E-state index in [1.807, 2.05) is 30.3 Å². The summed E-state index contributed by atoms with van der Waals surface area (Å²) in [5.41, 5.74) is 0.908. The fraction of sp³-hybridized carbons (Fsp3) is 0.538. The van der Waals surface area contributed by atoms with E-state index in [1.54, 1.807) is 0 Å². The first-order valence-corrected chi connectivity index (χ1v) is 6.33. The minimum atomic E-state index is -1.29. The molecule has 110 valence electrons. The van der Waals surface area contributed by atoms with Crippen molar-refractivity contribution in [3.05, 3.63) is 46.0 Å². The molecule has 0 saturated carbocycles. The second-order valence-electron chi connectivity index (χ2n) is 4.75. The van der Waals surface area contributed by atoms with Crippen LogP contribution in [0.4, 0.5) is 0 Å². The largest absolute Gasteiger partial charge is 0.390 e. The zero-order valence-corrected chi connectivity index (χ0v) is 10.8. The Morgan fingerprint density at radius 3 is 2.65 bits per heavy atom. The molecule has 0 aromatic heterocycles. The average molecular weight is 283 g/mol. The summed E-state index contributed by atoms with van der Waals surface area (Å²) in [5, 5.41) is 30.2. The van der Waals surface area contributed by atoms with E-state index in [1.165, 1.54) is 0 Å². The van der Waals surface area contributed by atoms with Gasteiger partial charge in [0.25, 0.3) is 0 Å². The second-order valence-corrected chi connectivity index (χ2v) is 4.75. The van der Waals surface area contributed by atoms with Crippen LogP contribution in [0.3, 0.4) is 0 Å². The van der Waals surface area contributed by atoms with Gasteiger partial charge in [-0.1, -0.05) is 30.3 Å². The summed E-state index contributed by atoms with van der Waals surface area (Å²) in [7, 11) is 0. The standard InChI is InChI=1S/C13H17NO6/c15-11-10(6-14(17)18)8-20-13(12(11)16)19-7-9-4-2-1-3-5-9/h1-5,10-13,15-16H,6-8H2/t10-,11-,12+,13-/m1/s1. The first-order valence-electron chi connectivity index (χ1n) is 6.33. The molecule has 7 heteroatoms. The van der Waals surface area contributed by atoms with Crippen molar-refractivity contribution in [2.24, 2.45) is 5.92 Å². The molecular formula is C13H17NO6. The van der Waals surface area contributed by atoms with E-state index in [0.29, 0.717) is 0 Å². The van der Waals surface area contributed by atoms with Gasteiger partial charge in [-0.25, -0.2) is 0 Å². The fourth-order valence-electron chi connectivity index (χ4n) is 2.11. The molecule has 1 aromatic carbocycles. The predicted molar refractivity (Wildman–Crippen MR) is 68.3 cm³/mol. The van der Waals surface area contributed by atoms with Gasteiger partial charge in [0.15, 0.2) is 6.29 Å². The van der Waals surface area contributed by atoms with E-state index in [2.05, 4.69) is 0 Å². The average Bonchev–Trinajstić information content (AvgIpc) is 2.44. The summed E-state index contributed by atoms with van der Waals surface area (Å²) < 4.78 is 10.7. The molecule has 2 rings (SSSR count). The topological polar surface area (TPSA) is 102 Å². The molecule has 0 unspecified atom stereocenters. The number of aliphatic hydroxyl groups excluding tert-OH is 2. The maximum absolute atomic E-state index is 10.4. The fourth-order valence-corrected chi connectivity index (χ4v) is 2.11. The van der Waals surface area contributed by atoms with Gasteiger partial charge in [0.05, 0.1) is 25.2 Å². The first-order chi connectivity index (χ1) is 9.58. The summed E-state index contributed by atoms with van der Waals surface area (Å²) in [6.45, 7) is -0.225. The van der Waals surface area contributed by atoms with E-state index in [0.717, 1.165) is 5.56 Å². The number of nitrogens with zero attached hydrogens (tertiary/aromatic N) is 1. The van der Waals surface area contributed by atoms with Gasteiger partial charge in [-0.05, 0) is 5.56 Å². The van der Waals surface area contributed by atoms with Crippen molar-refractivity contribution in [1.29, 1.82) is 0 Å². The van der Waals surface area contributed by atoms with Crippen molar-refractivity contribution in [3.63, 3.8) is 0 Å². The van der Waals surface area contributed by atoms with E-state index < -0.39 is 35.9 Å². The van der Waals surface area contributed by atoms with Gasteiger partial charge in [-0.3, -0.25) is 10.1 Å². The third-order valence-corrected chi connectivity index (χ3v) is 3.23. The number of benzene rings is 1. The van der Waals surface area contributed by atoms with Crippen LogP contribution in [0.5, 0.6) is 0 Å². The van der Waals surface area contributed by atoms with Crippen LogP contribution in [-0.4, -0.2) is 46.8 Å². The first kappa shape index (κ1) is 14.9. The molecule has 1 aliphatic heterocycles. The van der Waals surface area contributed by atoms with Gasteiger partial charge < -0.3 is 19.7 Å². The molecule has 4 atom stereocenters. The highest BCUT2D eigenvalue weighted by Gasteiger charge is 2.41. The highest BCUT2D eigenvalue weighted by atomic mass is 16.7. The predicted octanol–water partition coefficient (Wildman–Crippen LogP) is 0.174. The van der Waals surface area contributed by atoms with Gasteiger partial charge in [0, 0.05) is 4.92 Å². The van der Waals surface area contributed by atoms with Crippen molar-refractivity contribution in [3.8, 4) is 0 Å². The van der Waals surface area contributed by atoms with Crippen molar-refractivity contribution < 1.29 is 24.6 Å². The Balaban J connectivity index is 1.87. The normalized spacial score (nSPS) is 30.1. The maximum atomic E-state index is 10.4. The summed E-state index contributed by atoms with van der Waals surface area (Å²) >= 11 is 0. The number of rotatable bonds is 5. The molecule has 2 N–H and O–H groups in total. The summed E-state index contributed by atoms with van der Waals surface area (Å²) in [4.78, 5) is 9.91. The number of ether oxygens (including phenoxy) is 2. The maximum Gasteiger partial charge on any atom is 0.211 e. The Morgan fingerprint density at radius 1 is 1.30 bits per heavy atom. The molecule has 20 heavy (non-hydrogen) atoms. The van der Waals surface area contributed by atoms with Crippen molar-refractivity contribution in [1.82, 2.24) is 0 Å². The highest BCUT2D eigenvalue weighted by Crippen LogP contribution is 2.22.